The Hall–Kier alpha value is -5.87. The zero-order chi connectivity index (χ0) is 32.9. The molecule has 8 rings (SSSR count). The average molecular weight is 557 g/mol. The summed E-state index contributed by atoms with van der Waals surface area (Å²) in [5, 5.41) is 1.67. The van der Waals surface area contributed by atoms with E-state index in [0.717, 1.165) is 38.6 Å². The number of fused-ring (bicyclic) bond motifs is 3. The smallest absolute Gasteiger partial charge is 0.164 e. The highest BCUT2D eigenvalue weighted by Gasteiger charge is 2.19. The van der Waals surface area contributed by atoms with Gasteiger partial charge in [0.05, 0.1) is 6.85 Å². The van der Waals surface area contributed by atoms with Gasteiger partial charge in [0.25, 0.3) is 0 Å². The molecule has 0 aliphatic carbocycles. The molecule has 0 amide bonds. The maximum absolute atomic E-state index is 8.62. The molecule has 202 valence electrons. The molecule has 4 nitrogen and oxygen atoms in total. The van der Waals surface area contributed by atoms with E-state index in [1.54, 1.807) is 0 Å². The van der Waals surface area contributed by atoms with E-state index in [9.17, 15) is 0 Å². The highest BCUT2D eigenvalue weighted by molar-refractivity contribution is 6.15. The first-order valence-corrected chi connectivity index (χ1v) is 13.9. The first-order valence-electron chi connectivity index (χ1n) is 16.4. The molecule has 0 fully saturated rings. The number of aromatic nitrogens is 3. The Morgan fingerprint density at radius 3 is 1.77 bits per heavy atom. The highest BCUT2D eigenvalue weighted by Crippen LogP contribution is 2.40. The Balaban J connectivity index is 1.33. The third kappa shape index (κ3) is 4.55. The van der Waals surface area contributed by atoms with Crippen LogP contribution in [0.15, 0.2) is 156 Å². The van der Waals surface area contributed by atoms with Crippen LogP contribution in [0.25, 0.3) is 78.4 Å². The van der Waals surface area contributed by atoms with Crippen LogP contribution in [0.3, 0.4) is 0 Å². The van der Waals surface area contributed by atoms with Gasteiger partial charge in [-0.1, -0.05) is 145 Å². The lowest BCUT2D eigenvalue weighted by Gasteiger charge is -2.09. The summed E-state index contributed by atoms with van der Waals surface area (Å²) in [5.74, 6) is 0.586. The van der Waals surface area contributed by atoms with E-state index < -0.39 is 18.1 Å². The van der Waals surface area contributed by atoms with Gasteiger partial charge in [0.15, 0.2) is 17.5 Å². The van der Waals surface area contributed by atoms with Gasteiger partial charge in [-0.05, 0) is 22.8 Å². The zero-order valence-corrected chi connectivity index (χ0v) is 22.8. The maximum Gasteiger partial charge on any atom is 0.164 e. The number of para-hydroxylation sites is 1. The molecule has 8 aromatic rings. The molecule has 2 heterocycles. The van der Waals surface area contributed by atoms with E-state index in [1.165, 1.54) is 0 Å². The molecule has 2 aromatic heterocycles. The van der Waals surface area contributed by atoms with Crippen molar-refractivity contribution in [3.8, 4) is 56.4 Å². The van der Waals surface area contributed by atoms with Crippen molar-refractivity contribution in [2.75, 3.05) is 0 Å². The summed E-state index contributed by atoms with van der Waals surface area (Å²) in [4.78, 5) is 14.2. The van der Waals surface area contributed by atoms with E-state index in [2.05, 4.69) is 41.4 Å². The lowest BCUT2D eigenvalue weighted by molar-refractivity contribution is 0.670. The van der Waals surface area contributed by atoms with Crippen molar-refractivity contribution in [1.82, 2.24) is 15.0 Å². The van der Waals surface area contributed by atoms with Crippen LogP contribution in [0.2, 0.25) is 0 Å². The molecule has 0 saturated carbocycles. The molecule has 43 heavy (non-hydrogen) atoms. The molecule has 0 bridgehead atoms. The second-order valence-corrected chi connectivity index (χ2v) is 10.1. The van der Waals surface area contributed by atoms with Gasteiger partial charge in [-0.3, -0.25) is 0 Å². The predicted octanol–water partition coefficient (Wildman–Crippen LogP) is 10.1. The standard InChI is InChI=1S/C39H25N3O/c1-4-12-26(13-5-1)27-22-24-28(25-23-27)31-18-10-19-32-35-33(20-11-21-34(35)43-36(31)32)39-41-37(29-14-6-2-7-15-29)40-38(42-39)30-16-8-3-9-17-30/h1-25H/i2D,6D,7D,14D,15D. The first kappa shape index (κ1) is 20.1. The Bertz CT molecular complexity index is 2470. The minimum Gasteiger partial charge on any atom is -0.455 e. The van der Waals surface area contributed by atoms with Crippen molar-refractivity contribution in [3.63, 3.8) is 0 Å². The average Bonchev–Trinajstić information content (AvgIpc) is 3.53. The van der Waals surface area contributed by atoms with Crippen LogP contribution in [-0.4, -0.2) is 15.0 Å². The number of rotatable bonds is 5. The fourth-order valence-corrected chi connectivity index (χ4v) is 5.42. The predicted molar refractivity (Wildman–Crippen MR) is 174 cm³/mol. The van der Waals surface area contributed by atoms with Gasteiger partial charge in [0, 0.05) is 33.0 Å². The summed E-state index contributed by atoms with van der Waals surface area (Å²) in [6.45, 7) is 0. The van der Waals surface area contributed by atoms with Gasteiger partial charge < -0.3 is 4.42 Å². The van der Waals surface area contributed by atoms with Crippen molar-refractivity contribution in [2.45, 2.75) is 0 Å². The minimum atomic E-state index is -0.480. The van der Waals surface area contributed by atoms with Crippen molar-refractivity contribution in [3.05, 3.63) is 152 Å². The first-order chi connectivity index (χ1) is 23.4. The normalized spacial score (nSPS) is 12.9. The molecule has 0 atom stereocenters. The molecule has 0 radical (unpaired) electrons. The number of hydrogen-bond acceptors (Lipinski definition) is 4. The third-order valence-electron chi connectivity index (χ3n) is 7.46. The summed E-state index contributed by atoms with van der Waals surface area (Å²) >= 11 is 0. The molecule has 0 N–H and O–H groups in total. The van der Waals surface area contributed by atoms with Crippen LogP contribution in [0.5, 0.6) is 0 Å². The van der Waals surface area contributed by atoms with Crippen LogP contribution in [-0.2, 0) is 0 Å². The van der Waals surface area contributed by atoms with Crippen LogP contribution in [0.4, 0.5) is 0 Å². The van der Waals surface area contributed by atoms with E-state index in [1.807, 2.05) is 84.9 Å². The summed E-state index contributed by atoms with van der Waals surface area (Å²) in [5.41, 5.74) is 6.84. The molecule has 0 aliphatic heterocycles. The van der Waals surface area contributed by atoms with E-state index in [4.69, 9.17) is 21.2 Å². The van der Waals surface area contributed by atoms with Gasteiger partial charge in [0.1, 0.15) is 11.2 Å². The van der Waals surface area contributed by atoms with Crippen molar-refractivity contribution in [1.29, 1.82) is 0 Å². The van der Waals surface area contributed by atoms with E-state index in [-0.39, 0.29) is 29.3 Å². The maximum atomic E-state index is 8.62. The topological polar surface area (TPSA) is 51.8 Å². The molecule has 4 heteroatoms. The van der Waals surface area contributed by atoms with Gasteiger partial charge in [0.2, 0.25) is 0 Å². The highest BCUT2D eigenvalue weighted by atomic mass is 16.3. The lowest BCUT2D eigenvalue weighted by Crippen LogP contribution is -2.00. The summed E-state index contributed by atoms with van der Waals surface area (Å²) in [6, 6.07) is 37.5. The number of benzene rings is 6. The lowest BCUT2D eigenvalue weighted by atomic mass is 9.98. The van der Waals surface area contributed by atoms with Gasteiger partial charge in [-0.25, -0.2) is 15.0 Å². The van der Waals surface area contributed by atoms with Crippen molar-refractivity contribution >= 4 is 21.9 Å². The zero-order valence-electron chi connectivity index (χ0n) is 27.8. The fraction of sp³-hybridized carbons (Fsp3) is 0. The summed E-state index contributed by atoms with van der Waals surface area (Å²) < 4.78 is 48.3. The Kier molecular flexibility index (Phi) is 4.91. The van der Waals surface area contributed by atoms with Crippen molar-refractivity contribution < 1.29 is 11.3 Å². The quantitative estimate of drug-likeness (QED) is 0.212. The summed E-state index contributed by atoms with van der Waals surface area (Å²) in [7, 11) is 0. The number of hydrogen-bond donors (Lipinski definition) is 0. The Labute approximate surface area is 256 Å². The largest absolute Gasteiger partial charge is 0.455 e. The molecule has 0 aliphatic rings. The molecular formula is C39H25N3O. The van der Waals surface area contributed by atoms with Crippen molar-refractivity contribution in [2.24, 2.45) is 0 Å². The second-order valence-electron chi connectivity index (χ2n) is 10.1. The van der Waals surface area contributed by atoms with Gasteiger partial charge in [-0.15, -0.1) is 0 Å². The molecule has 0 saturated heterocycles. The number of furan rings is 1. The Morgan fingerprint density at radius 1 is 0.442 bits per heavy atom. The monoisotopic (exact) mass is 556 g/mol. The van der Waals surface area contributed by atoms with E-state index in [0.29, 0.717) is 22.5 Å². The third-order valence-corrected chi connectivity index (χ3v) is 7.46. The Morgan fingerprint density at radius 2 is 1.02 bits per heavy atom. The minimum absolute atomic E-state index is 0.0140. The van der Waals surface area contributed by atoms with Gasteiger partial charge in [-0.2, -0.15) is 0 Å². The van der Waals surface area contributed by atoms with E-state index >= 15 is 0 Å². The SMILES string of the molecule is [2H]c1c([2H])c([2H])c(-c2nc(-c3ccccc3)nc(-c3cccc4oc5c(-c6ccc(-c7ccccc7)cc6)cccc5c34)n2)c([2H])c1[2H]. The van der Waals surface area contributed by atoms with Gasteiger partial charge >= 0.3 is 0 Å². The molecule has 6 aromatic carbocycles. The second kappa shape index (κ2) is 10.5. The van der Waals surface area contributed by atoms with Crippen LogP contribution < -0.4 is 0 Å². The molecular weight excluding hydrogens is 526 g/mol. The number of nitrogens with zero attached hydrogens (tertiary/aromatic N) is 3. The van der Waals surface area contributed by atoms with Crippen LogP contribution in [0.1, 0.15) is 6.85 Å². The van der Waals surface area contributed by atoms with Crippen LogP contribution >= 0.6 is 0 Å². The fourth-order valence-electron chi connectivity index (χ4n) is 5.42. The van der Waals surface area contributed by atoms with Crippen LogP contribution in [0, 0.1) is 0 Å². The summed E-state index contributed by atoms with van der Waals surface area (Å²) in [6.07, 6.45) is 0. The molecule has 0 unspecified atom stereocenters. The molecule has 0 spiro atoms.